The average Bonchev–Trinajstić information content (AvgIpc) is 4.03. The quantitative estimate of drug-likeness (QED) is 0.0536. The number of amides is 1. The van der Waals surface area contributed by atoms with Crippen molar-refractivity contribution in [3.63, 3.8) is 0 Å². The number of aromatic nitrogens is 1. The highest BCUT2D eigenvalue weighted by Gasteiger charge is 2.49. The highest BCUT2D eigenvalue weighted by Crippen LogP contribution is 2.50. The number of benzene rings is 1. The molecular formula is C39H53ClF3N5O3. The SMILES string of the molecule is C=C/C=C(\C(Cl)=C(/C)C1CC1)c1nc(C(CNC(=O)c2cc(C)c(N)c(/C=N/C3(F)CC3)c2)C2CC(F)(F)C2)cc(C)c1OCC.CC.NCO. The number of nitrogens with zero attached hydrogens (tertiary/aromatic N) is 2. The summed E-state index contributed by atoms with van der Waals surface area (Å²) in [5.41, 5.74) is 16.0. The molecule has 3 aliphatic rings. The van der Waals surface area contributed by atoms with Crippen LogP contribution >= 0.6 is 11.6 Å². The zero-order valence-corrected chi connectivity index (χ0v) is 31.3. The van der Waals surface area contributed by atoms with Crippen molar-refractivity contribution >= 4 is 35.0 Å². The predicted octanol–water partition coefficient (Wildman–Crippen LogP) is 8.53. The second-order valence-corrected chi connectivity index (χ2v) is 13.4. The third kappa shape index (κ3) is 10.9. The fraction of sp³-hybridized carbons (Fsp3) is 0.513. The molecule has 12 heteroatoms. The Labute approximate surface area is 305 Å². The second-order valence-electron chi connectivity index (χ2n) is 13.1. The first-order valence-corrected chi connectivity index (χ1v) is 18.0. The minimum atomic E-state index is -2.77. The van der Waals surface area contributed by atoms with E-state index >= 15 is 0 Å². The lowest BCUT2D eigenvalue weighted by atomic mass is 9.71. The van der Waals surface area contributed by atoms with Gasteiger partial charge < -0.3 is 26.6 Å². The molecule has 1 heterocycles. The van der Waals surface area contributed by atoms with Crippen LogP contribution in [0.4, 0.5) is 18.9 Å². The number of carbonyl (C=O) groups is 1. The van der Waals surface area contributed by atoms with Crippen LogP contribution in [0.1, 0.15) is 111 Å². The van der Waals surface area contributed by atoms with E-state index in [9.17, 15) is 18.0 Å². The molecule has 6 N–H and O–H groups in total. The van der Waals surface area contributed by atoms with Gasteiger partial charge in [-0.15, -0.1) is 0 Å². The Morgan fingerprint density at radius 1 is 1.20 bits per heavy atom. The smallest absolute Gasteiger partial charge is 0.251 e. The summed E-state index contributed by atoms with van der Waals surface area (Å²) in [6, 6.07) is 5.07. The van der Waals surface area contributed by atoms with Crippen molar-refractivity contribution in [3.8, 4) is 5.75 Å². The highest BCUT2D eigenvalue weighted by atomic mass is 35.5. The van der Waals surface area contributed by atoms with Gasteiger partial charge in [0.15, 0.2) is 5.79 Å². The van der Waals surface area contributed by atoms with E-state index in [1.165, 1.54) is 6.21 Å². The molecule has 1 unspecified atom stereocenters. The molecule has 0 radical (unpaired) electrons. The van der Waals surface area contributed by atoms with Crippen molar-refractivity contribution in [1.82, 2.24) is 10.3 Å². The number of pyridine rings is 1. The summed E-state index contributed by atoms with van der Waals surface area (Å²) in [5.74, 6) is -4.67. The maximum Gasteiger partial charge on any atom is 0.251 e. The third-order valence-corrected chi connectivity index (χ3v) is 9.61. The number of nitrogens with one attached hydrogen (secondary N) is 1. The number of hydrogen-bond acceptors (Lipinski definition) is 7. The predicted molar refractivity (Wildman–Crippen MR) is 201 cm³/mol. The summed E-state index contributed by atoms with van der Waals surface area (Å²) in [7, 11) is 0. The molecule has 3 aliphatic carbocycles. The van der Waals surface area contributed by atoms with Crippen LogP contribution in [-0.2, 0) is 0 Å². The first kappa shape index (κ1) is 41.7. The molecule has 0 aliphatic heterocycles. The zero-order chi connectivity index (χ0) is 38.1. The number of nitrogens with two attached hydrogens (primary N) is 2. The topological polar surface area (TPSA) is 136 Å². The minimum Gasteiger partial charge on any atom is -0.491 e. The average molecular weight is 732 g/mol. The molecule has 0 saturated heterocycles. The Morgan fingerprint density at radius 3 is 2.35 bits per heavy atom. The number of ether oxygens (including phenoxy) is 1. The van der Waals surface area contributed by atoms with Crippen molar-refractivity contribution in [2.45, 2.75) is 97.7 Å². The van der Waals surface area contributed by atoms with Gasteiger partial charge in [-0.3, -0.25) is 9.79 Å². The molecule has 0 bridgehead atoms. The van der Waals surface area contributed by atoms with Gasteiger partial charge in [-0.25, -0.2) is 18.2 Å². The van der Waals surface area contributed by atoms with Crippen LogP contribution in [0.3, 0.4) is 0 Å². The Balaban J connectivity index is 0.00000133. The van der Waals surface area contributed by atoms with Crippen molar-refractivity contribution < 1.29 is 27.8 Å². The molecule has 0 spiro atoms. The molecule has 1 aromatic heterocycles. The van der Waals surface area contributed by atoms with Gasteiger partial charge in [0.2, 0.25) is 5.92 Å². The maximum absolute atomic E-state index is 14.2. The van der Waals surface area contributed by atoms with Crippen LogP contribution in [0.15, 0.2) is 52.5 Å². The van der Waals surface area contributed by atoms with Crippen LogP contribution < -0.4 is 21.5 Å². The van der Waals surface area contributed by atoms with Crippen LogP contribution in [0.2, 0.25) is 0 Å². The number of carbonyl (C=O) groups excluding carboxylic acids is 1. The van der Waals surface area contributed by atoms with E-state index in [-0.39, 0.29) is 26.1 Å². The van der Waals surface area contributed by atoms with Crippen LogP contribution in [-0.4, -0.2) is 53.8 Å². The number of aliphatic hydroxyl groups excluding tert-OH is 1. The number of nitrogen functional groups attached to an aromatic ring is 1. The molecule has 5 rings (SSSR count). The molecule has 51 heavy (non-hydrogen) atoms. The summed E-state index contributed by atoms with van der Waals surface area (Å²) >= 11 is 6.97. The Kier molecular flexibility index (Phi) is 14.9. The van der Waals surface area contributed by atoms with Gasteiger partial charge in [0, 0.05) is 77.5 Å². The molecule has 1 atom stereocenters. The number of aryl methyl sites for hydroxylation is 2. The van der Waals surface area contributed by atoms with E-state index < -0.39 is 29.5 Å². The normalized spacial score (nSPS) is 18.6. The van der Waals surface area contributed by atoms with E-state index in [1.807, 2.05) is 40.7 Å². The lowest BCUT2D eigenvalue weighted by Crippen LogP contribution is -2.43. The number of aliphatic imine (C=N–C) groups is 1. The highest BCUT2D eigenvalue weighted by molar-refractivity contribution is 6.37. The second kappa shape index (κ2) is 18.2. The first-order valence-electron chi connectivity index (χ1n) is 17.6. The number of halogens is 4. The Bertz CT molecular complexity index is 1640. The molecule has 3 saturated carbocycles. The number of hydrogen-bond donors (Lipinski definition) is 4. The Hall–Kier alpha value is -3.67. The minimum absolute atomic E-state index is 0.0745. The van der Waals surface area contributed by atoms with Crippen LogP contribution in [0, 0.1) is 25.7 Å². The summed E-state index contributed by atoms with van der Waals surface area (Å²) in [5, 5.41) is 10.9. The molecule has 3 fully saturated rings. The maximum atomic E-state index is 14.2. The van der Waals surface area contributed by atoms with Crippen LogP contribution in [0.5, 0.6) is 5.75 Å². The van der Waals surface area contributed by atoms with Crippen molar-refractivity contribution in [3.05, 3.63) is 81.2 Å². The van der Waals surface area contributed by atoms with Crippen LogP contribution in [0.25, 0.3) is 5.57 Å². The van der Waals surface area contributed by atoms with Crippen molar-refractivity contribution in [2.75, 3.05) is 25.6 Å². The molecule has 8 nitrogen and oxygen atoms in total. The van der Waals surface area contributed by atoms with E-state index in [4.69, 9.17) is 32.2 Å². The summed E-state index contributed by atoms with van der Waals surface area (Å²) in [4.78, 5) is 22.5. The molecular weight excluding hydrogens is 679 g/mol. The fourth-order valence-electron chi connectivity index (χ4n) is 5.96. The standard InChI is InChI=1S/C36H42ClF3N4O2.C2H6.CH5NO/c1-6-8-27(30(37)22(5)23-9-10-23)32-33(46-7-2)21(4)14-29(44-32)28(26-16-35(38,39)17-26)19-42-34(45)24-13-20(3)31(41)25(15-24)18-43-36(40)11-12-36;1-2;2-1-3/h6,8,13-15,18,23,26,28H,1,7,9-12,16-17,19,41H2,2-5H3,(H,42,45);1-2H3;3H,1-2H2/b27-8+,30-22-,43-18+;;. The van der Waals surface area contributed by atoms with Gasteiger partial charge in [-0.2, -0.15) is 0 Å². The van der Waals surface area contributed by atoms with E-state index in [1.54, 1.807) is 31.2 Å². The van der Waals surface area contributed by atoms with Gasteiger partial charge in [0.1, 0.15) is 11.4 Å². The number of allylic oxidation sites excluding steroid dienone is 5. The monoisotopic (exact) mass is 731 g/mol. The van der Waals surface area contributed by atoms with Gasteiger partial charge >= 0.3 is 0 Å². The number of alkyl halides is 3. The number of rotatable bonds is 13. The van der Waals surface area contributed by atoms with Gasteiger partial charge in [-0.1, -0.05) is 49.8 Å². The third-order valence-electron chi connectivity index (χ3n) is 9.11. The van der Waals surface area contributed by atoms with Crippen molar-refractivity contribution in [2.24, 2.45) is 22.6 Å². The number of aliphatic hydroxyl groups is 1. The fourth-order valence-corrected chi connectivity index (χ4v) is 6.26. The lowest BCUT2D eigenvalue weighted by Gasteiger charge is -2.40. The Morgan fingerprint density at radius 2 is 1.82 bits per heavy atom. The van der Waals surface area contributed by atoms with E-state index in [0.717, 1.165) is 24.0 Å². The summed E-state index contributed by atoms with van der Waals surface area (Å²) in [6.45, 7) is 15.7. The van der Waals surface area contributed by atoms with E-state index in [2.05, 4.69) is 22.6 Å². The largest absolute Gasteiger partial charge is 0.491 e. The van der Waals surface area contributed by atoms with Gasteiger partial charge in [0.05, 0.1) is 13.3 Å². The summed E-state index contributed by atoms with van der Waals surface area (Å²) in [6.07, 6.45) is 7.08. The number of anilines is 1. The molecule has 2 aromatic rings. The molecule has 280 valence electrons. The van der Waals surface area contributed by atoms with Crippen molar-refractivity contribution in [1.29, 1.82) is 0 Å². The molecule has 1 aromatic carbocycles. The van der Waals surface area contributed by atoms with Gasteiger partial charge in [-0.05, 0) is 81.7 Å². The summed E-state index contributed by atoms with van der Waals surface area (Å²) < 4.78 is 48.6. The zero-order valence-electron chi connectivity index (χ0n) is 30.6. The lowest BCUT2D eigenvalue weighted by molar-refractivity contribution is -0.117. The first-order chi connectivity index (χ1) is 24.2. The molecule has 1 amide bonds. The van der Waals surface area contributed by atoms with Gasteiger partial charge in [0.25, 0.3) is 5.91 Å². The van der Waals surface area contributed by atoms with E-state index in [0.29, 0.717) is 75.5 Å².